The maximum Gasteiger partial charge on any atom is 0.162 e. The molecule has 2 rings (SSSR count). The van der Waals surface area contributed by atoms with Gasteiger partial charge in [0.05, 0.1) is 14.2 Å². The van der Waals surface area contributed by atoms with Gasteiger partial charge in [0.25, 0.3) is 0 Å². The highest BCUT2D eigenvalue weighted by Gasteiger charge is 2.08. The molecule has 2 aromatic carbocycles. The number of methoxy groups -OCH3 is 2. The minimum atomic E-state index is 0.229. The van der Waals surface area contributed by atoms with Gasteiger partial charge in [-0.2, -0.15) is 0 Å². The average Bonchev–Trinajstić information content (AvgIpc) is 2.79. The minimum absolute atomic E-state index is 0.229. The first-order valence-corrected chi connectivity index (χ1v) is 9.24. The second-order valence-corrected chi connectivity index (χ2v) is 4.75. The zero-order valence-electron chi connectivity index (χ0n) is 17.5. The van der Waals surface area contributed by atoms with Crippen molar-refractivity contribution in [2.45, 2.75) is 27.7 Å². The summed E-state index contributed by atoms with van der Waals surface area (Å²) in [5.74, 6) is 1.97. The predicted molar refractivity (Wildman–Crippen MR) is 110 cm³/mol. The molecule has 6 nitrogen and oxygen atoms in total. The second kappa shape index (κ2) is 15.1. The minimum Gasteiger partial charge on any atom is -0.493 e. The summed E-state index contributed by atoms with van der Waals surface area (Å²) in [7, 11) is 3.05. The first-order valence-electron chi connectivity index (χ1n) is 9.24. The van der Waals surface area contributed by atoms with Gasteiger partial charge >= 0.3 is 0 Å². The fourth-order valence-electron chi connectivity index (χ4n) is 2.06. The molecule has 0 aliphatic carbocycles. The van der Waals surface area contributed by atoms with E-state index in [9.17, 15) is 9.59 Å². The summed E-state index contributed by atoms with van der Waals surface area (Å²) in [5.41, 5.74) is 0.985. The van der Waals surface area contributed by atoms with E-state index in [2.05, 4.69) is 0 Å². The summed E-state index contributed by atoms with van der Waals surface area (Å²) in [5, 5.41) is 0. The number of carbonyl (C=O) groups is 2. The molecular weight excluding hydrogens is 360 g/mol. The molecule has 0 fully saturated rings. The molecule has 154 valence electrons. The van der Waals surface area contributed by atoms with Gasteiger partial charge in [-0.05, 0) is 36.4 Å². The van der Waals surface area contributed by atoms with Crippen molar-refractivity contribution in [1.29, 1.82) is 0 Å². The molecule has 0 N–H and O–H groups in total. The Kier molecular flexibility index (Phi) is 13.5. The van der Waals surface area contributed by atoms with Crippen molar-refractivity contribution in [3.63, 3.8) is 0 Å². The van der Waals surface area contributed by atoms with Crippen LogP contribution >= 0.6 is 0 Å². The Labute approximate surface area is 167 Å². The van der Waals surface area contributed by atoms with Gasteiger partial charge in [-0.3, -0.25) is 9.59 Å². The van der Waals surface area contributed by atoms with E-state index in [0.717, 1.165) is 12.6 Å². The lowest BCUT2D eigenvalue weighted by molar-refractivity contribution is 0.111. The quantitative estimate of drug-likeness (QED) is 0.451. The van der Waals surface area contributed by atoms with Gasteiger partial charge in [-0.1, -0.05) is 27.7 Å². The Morgan fingerprint density at radius 2 is 1.00 bits per heavy atom. The van der Waals surface area contributed by atoms with E-state index in [1.165, 1.54) is 14.2 Å². The highest BCUT2D eigenvalue weighted by Crippen LogP contribution is 2.29. The number of hydrogen-bond acceptors (Lipinski definition) is 6. The molecule has 0 saturated carbocycles. The Bertz CT molecular complexity index is 651. The molecule has 0 atom stereocenters. The van der Waals surface area contributed by atoms with Crippen molar-refractivity contribution in [3.8, 4) is 23.0 Å². The van der Waals surface area contributed by atoms with E-state index in [4.69, 9.17) is 18.9 Å². The monoisotopic (exact) mass is 390 g/mol. The largest absolute Gasteiger partial charge is 0.493 e. The summed E-state index contributed by atoms with van der Waals surface area (Å²) in [6.45, 7) is 8.46. The molecule has 0 aliphatic rings. The molecule has 0 amide bonds. The van der Waals surface area contributed by atoms with Crippen molar-refractivity contribution in [2.75, 3.05) is 27.4 Å². The molecule has 28 heavy (non-hydrogen) atoms. The van der Waals surface area contributed by atoms with Crippen LogP contribution in [0.25, 0.3) is 0 Å². The Morgan fingerprint density at radius 3 is 1.29 bits per heavy atom. The van der Waals surface area contributed by atoms with Crippen LogP contribution in [0.2, 0.25) is 0 Å². The zero-order chi connectivity index (χ0) is 21.4. The third kappa shape index (κ3) is 7.70. The van der Waals surface area contributed by atoms with Crippen LogP contribution in [-0.2, 0) is 0 Å². The molecule has 0 heterocycles. The van der Waals surface area contributed by atoms with E-state index in [1.807, 2.05) is 27.7 Å². The first-order chi connectivity index (χ1) is 13.7. The van der Waals surface area contributed by atoms with E-state index in [1.54, 1.807) is 36.4 Å². The third-order valence-electron chi connectivity index (χ3n) is 3.25. The number of rotatable bonds is 9. The van der Waals surface area contributed by atoms with Crippen molar-refractivity contribution in [3.05, 3.63) is 47.5 Å². The first kappa shape index (κ1) is 25.0. The fourth-order valence-corrected chi connectivity index (χ4v) is 2.06. The lowest BCUT2D eigenvalue weighted by Crippen LogP contribution is -2.10. The topological polar surface area (TPSA) is 71.1 Å². The number of benzene rings is 2. The van der Waals surface area contributed by atoms with Crippen molar-refractivity contribution < 1.29 is 28.5 Å². The Morgan fingerprint density at radius 1 is 0.643 bits per heavy atom. The SMILES string of the molecule is CC.CC.COc1ccc(C=O)cc1OCCOc1cc(C=O)ccc1OC. The van der Waals surface area contributed by atoms with Gasteiger partial charge in [0.2, 0.25) is 0 Å². The summed E-state index contributed by atoms with van der Waals surface area (Å²) < 4.78 is 21.6. The van der Waals surface area contributed by atoms with Crippen LogP contribution in [0.5, 0.6) is 23.0 Å². The van der Waals surface area contributed by atoms with Gasteiger partial charge in [-0.25, -0.2) is 0 Å². The molecule has 0 aliphatic heterocycles. The van der Waals surface area contributed by atoms with Gasteiger partial charge in [0, 0.05) is 11.1 Å². The summed E-state index contributed by atoms with van der Waals surface area (Å²) >= 11 is 0. The third-order valence-corrected chi connectivity index (χ3v) is 3.25. The number of ether oxygens (including phenoxy) is 4. The highest BCUT2D eigenvalue weighted by atomic mass is 16.5. The van der Waals surface area contributed by atoms with E-state index in [0.29, 0.717) is 34.1 Å². The normalized spacial score (nSPS) is 8.93. The molecule has 0 bridgehead atoms. The number of aldehydes is 2. The van der Waals surface area contributed by atoms with Gasteiger partial charge in [0.15, 0.2) is 23.0 Å². The van der Waals surface area contributed by atoms with Crippen molar-refractivity contribution >= 4 is 12.6 Å². The predicted octanol–water partition coefficient (Wildman–Crippen LogP) is 4.84. The molecule has 0 unspecified atom stereocenters. The Hall–Kier alpha value is -3.02. The van der Waals surface area contributed by atoms with Crippen LogP contribution in [0, 0.1) is 0 Å². The second-order valence-electron chi connectivity index (χ2n) is 4.75. The molecule has 6 heteroatoms. The van der Waals surface area contributed by atoms with Crippen molar-refractivity contribution in [2.24, 2.45) is 0 Å². The average molecular weight is 390 g/mol. The fraction of sp³-hybridized carbons (Fsp3) is 0.364. The highest BCUT2D eigenvalue weighted by molar-refractivity contribution is 5.77. The molecule has 0 spiro atoms. The van der Waals surface area contributed by atoms with Crippen LogP contribution in [0.3, 0.4) is 0 Å². The van der Waals surface area contributed by atoms with Gasteiger partial charge in [-0.15, -0.1) is 0 Å². The molecule has 0 aromatic heterocycles. The van der Waals surface area contributed by atoms with E-state index >= 15 is 0 Å². The van der Waals surface area contributed by atoms with Crippen LogP contribution in [0.4, 0.5) is 0 Å². The van der Waals surface area contributed by atoms with E-state index < -0.39 is 0 Å². The van der Waals surface area contributed by atoms with Crippen LogP contribution in [-0.4, -0.2) is 40.0 Å². The molecule has 2 aromatic rings. The Balaban J connectivity index is 0.00000171. The van der Waals surface area contributed by atoms with E-state index in [-0.39, 0.29) is 13.2 Å². The summed E-state index contributed by atoms with van der Waals surface area (Å²) in [6.07, 6.45) is 1.47. The lowest BCUT2D eigenvalue weighted by atomic mass is 10.2. The zero-order valence-corrected chi connectivity index (χ0v) is 17.5. The summed E-state index contributed by atoms with van der Waals surface area (Å²) in [6, 6.07) is 9.81. The summed E-state index contributed by atoms with van der Waals surface area (Å²) in [4.78, 5) is 21.7. The lowest BCUT2D eigenvalue weighted by Gasteiger charge is -2.13. The number of hydrogen-bond donors (Lipinski definition) is 0. The molecule has 0 saturated heterocycles. The van der Waals surface area contributed by atoms with Gasteiger partial charge < -0.3 is 18.9 Å². The van der Waals surface area contributed by atoms with Crippen LogP contribution < -0.4 is 18.9 Å². The van der Waals surface area contributed by atoms with Crippen molar-refractivity contribution in [1.82, 2.24) is 0 Å². The molecule has 0 radical (unpaired) electrons. The standard InChI is InChI=1S/C18H18O6.2C2H6/c1-21-15-5-3-13(11-19)9-17(15)23-7-8-24-18-10-14(12-20)4-6-16(18)22-2;2*1-2/h3-6,9-12H,7-8H2,1-2H3;2*1-2H3. The number of carbonyl (C=O) groups excluding carboxylic acids is 2. The smallest absolute Gasteiger partial charge is 0.162 e. The maximum absolute atomic E-state index is 10.8. The van der Waals surface area contributed by atoms with Crippen LogP contribution in [0.15, 0.2) is 36.4 Å². The van der Waals surface area contributed by atoms with Gasteiger partial charge in [0.1, 0.15) is 25.8 Å². The van der Waals surface area contributed by atoms with Crippen LogP contribution in [0.1, 0.15) is 48.4 Å². The maximum atomic E-state index is 10.8. The molecular formula is C22H30O6.